The Labute approximate surface area is 120 Å². The number of piperidine rings is 1. The Balaban J connectivity index is 1.54. The lowest BCUT2D eigenvalue weighted by atomic mass is 10.1. The summed E-state index contributed by atoms with van der Waals surface area (Å²) in [4.78, 5) is 23.0. The maximum atomic E-state index is 12.4. The van der Waals surface area contributed by atoms with Gasteiger partial charge >= 0.3 is 6.03 Å². The summed E-state index contributed by atoms with van der Waals surface area (Å²) >= 11 is 0. The third kappa shape index (κ3) is 2.86. The lowest BCUT2D eigenvalue weighted by molar-refractivity contribution is 0.141. The SMILES string of the molecule is O=C(N1CCCCC1)N1CCN(c2ccccn2)CC1. The predicted octanol–water partition coefficient (Wildman–Crippen LogP) is 1.81. The predicted molar refractivity (Wildman–Crippen MR) is 78.8 cm³/mol. The van der Waals surface area contributed by atoms with Crippen LogP contribution in [-0.4, -0.2) is 60.1 Å². The minimum absolute atomic E-state index is 0.227. The Bertz CT molecular complexity index is 436. The van der Waals surface area contributed by atoms with Crippen molar-refractivity contribution >= 4 is 11.8 Å². The molecule has 20 heavy (non-hydrogen) atoms. The molecule has 5 nitrogen and oxygen atoms in total. The van der Waals surface area contributed by atoms with Crippen molar-refractivity contribution < 1.29 is 4.79 Å². The highest BCUT2D eigenvalue weighted by atomic mass is 16.2. The number of carbonyl (C=O) groups is 1. The first-order chi connectivity index (χ1) is 9.84. The van der Waals surface area contributed by atoms with E-state index in [4.69, 9.17) is 0 Å². The van der Waals surface area contributed by atoms with Gasteiger partial charge in [-0.05, 0) is 31.4 Å². The average molecular weight is 274 g/mol. The van der Waals surface area contributed by atoms with E-state index >= 15 is 0 Å². The van der Waals surface area contributed by atoms with Gasteiger partial charge in [-0.25, -0.2) is 9.78 Å². The van der Waals surface area contributed by atoms with Gasteiger partial charge in [-0.1, -0.05) is 6.07 Å². The van der Waals surface area contributed by atoms with Crippen molar-refractivity contribution in [3.63, 3.8) is 0 Å². The number of nitrogens with zero attached hydrogens (tertiary/aromatic N) is 4. The van der Waals surface area contributed by atoms with Gasteiger partial charge < -0.3 is 14.7 Å². The van der Waals surface area contributed by atoms with Crippen LogP contribution < -0.4 is 4.90 Å². The summed E-state index contributed by atoms with van der Waals surface area (Å²) in [5, 5.41) is 0. The topological polar surface area (TPSA) is 39.7 Å². The van der Waals surface area contributed by atoms with Crippen molar-refractivity contribution in [1.29, 1.82) is 0 Å². The fourth-order valence-corrected chi connectivity index (χ4v) is 2.95. The minimum Gasteiger partial charge on any atom is -0.353 e. The zero-order valence-corrected chi connectivity index (χ0v) is 11.9. The van der Waals surface area contributed by atoms with Gasteiger partial charge in [0.25, 0.3) is 0 Å². The highest BCUT2D eigenvalue weighted by Gasteiger charge is 2.26. The zero-order valence-electron chi connectivity index (χ0n) is 11.9. The Hall–Kier alpha value is -1.78. The number of carbonyl (C=O) groups excluding carboxylic acids is 1. The van der Waals surface area contributed by atoms with Gasteiger partial charge in [0.05, 0.1) is 0 Å². The van der Waals surface area contributed by atoms with Gasteiger partial charge in [-0.15, -0.1) is 0 Å². The fourth-order valence-electron chi connectivity index (χ4n) is 2.95. The normalized spacial score (nSPS) is 20.1. The maximum Gasteiger partial charge on any atom is 0.320 e. The van der Waals surface area contributed by atoms with Crippen LogP contribution in [0, 0.1) is 0 Å². The molecular formula is C15H22N4O. The molecule has 2 amide bonds. The first-order valence-electron chi connectivity index (χ1n) is 7.54. The van der Waals surface area contributed by atoms with E-state index in [0.717, 1.165) is 57.9 Å². The molecular weight excluding hydrogens is 252 g/mol. The van der Waals surface area contributed by atoms with Crippen LogP contribution >= 0.6 is 0 Å². The van der Waals surface area contributed by atoms with Crippen LogP contribution in [0.4, 0.5) is 10.6 Å². The maximum absolute atomic E-state index is 12.4. The number of anilines is 1. The first kappa shape index (κ1) is 13.2. The third-order valence-corrected chi connectivity index (χ3v) is 4.15. The van der Waals surface area contributed by atoms with Crippen molar-refractivity contribution in [2.75, 3.05) is 44.2 Å². The van der Waals surface area contributed by atoms with Crippen molar-refractivity contribution in [2.24, 2.45) is 0 Å². The molecule has 0 unspecified atom stereocenters. The molecule has 2 aliphatic rings. The molecule has 5 heteroatoms. The summed E-state index contributed by atoms with van der Waals surface area (Å²) in [5.41, 5.74) is 0. The quantitative estimate of drug-likeness (QED) is 0.784. The number of hydrogen-bond donors (Lipinski definition) is 0. The molecule has 2 saturated heterocycles. The number of hydrogen-bond acceptors (Lipinski definition) is 3. The molecule has 3 rings (SSSR count). The zero-order chi connectivity index (χ0) is 13.8. The van der Waals surface area contributed by atoms with Gasteiger partial charge in [-0.2, -0.15) is 0 Å². The standard InChI is InChI=1S/C15H22N4O/c20-15(18-8-4-1-5-9-18)19-12-10-17(11-13-19)14-6-2-3-7-16-14/h2-3,6-7H,1,4-5,8-13H2. The second kappa shape index (κ2) is 6.11. The number of piperazine rings is 1. The molecule has 0 radical (unpaired) electrons. The van der Waals surface area contributed by atoms with Crippen molar-refractivity contribution in [3.05, 3.63) is 24.4 Å². The number of pyridine rings is 1. The van der Waals surface area contributed by atoms with Crippen molar-refractivity contribution in [1.82, 2.24) is 14.8 Å². The number of likely N-dealkylation sites (tertiary alicyclic amines) is 1. The second-order valence-corrected chi connectivity index (χ2v) is 5.49. The third-order valence-electron chi connectivity index (χ3n) is 4.15. The van der Waals surface area contributed by atoms with Crippen LogP contribution in [0.15, 0.2) is 24.4 Å². The number of aromatic nitrogens is 1. The summed E-state index contributed by atoms with van der Waals surface area (Å²) in [6.45, 7) is 5.20. The van der Waals surface area contributed by atoms with Crippen molar-refractivity contribution in [2.45, 2.75) is 19.3 Å². The molecule has 0 aliphatic carbocycles. The monoisotopic (exact) mass is 274 g/mol. The van der Waals surface area contributed by atoms with Gasteiger partial charge in [0.2, 0.25) is 0 Å². The summed E-state index contributed by atoms with van der Waals surface area (Å²) in [6.07, 6.45) is 5.39. The van der Waals surface area contributed by atoms with Crippen LogP contribution in [0.25, 0.3) is 0 Å². The second-order valence-electron chi connectivity index (χ2n) is 5.49. The van der Waals surface area contributed by atoms with Crippen molar-refractivity contribution in [3.8, 4) is 0 Å². The van der Waals surface area contributed by atoms with E-state index in [0.29, 0.717) is 0 Å². The molecule has 0 spiro atoms. The molecule has 0 bridgehead atoms. The molecule has 0 aromatic carbocycles. The highest BCUT2D eigenvalue weighted by Crippen LogP contribution is 2.15. The van der Waals surface area contributed by atoms with Crippen LogP contribution in [0.5, 0.6) is 0 Å². The molecule has 0 atom stereocenters. The molecule has 0 N–H and O–H groups in total. The average Bonchev–Trinajstić information content (AvgIpc) is 2.56. The van der Waals surface area contributed by atoms with E-state index in [1.807, 2.05) is 34.2 Å². The minimum atomic E-state index is 0.227. The molecule has 3 heterocycles. The smallest absolute Gasteiger partial charge is 0.320 e. The largest absolute Gasteiger partial charge is 0.353 e. The van der Waals surface area contributed by atoms with Crippen LogP contribution in [-0.2, 0) is 0 Å². The Kier molecular flexibility index (Phi) is 4.04. The summed E-state index contributed by atoms with van der Waals surface area (Å²) in [6, 6.07) is 6.19. The van der Waals surface area contributed by atoms with Gasteiger partial charge in [0, 0.05) is 45.5 Å². The lowest BCUT2D eigenvalue weighted by Crippen LogP contribution is -2.53. The molecule has 0 saturated carbocycles. The van der Waals surface area contributed by atoms with E-state index < -0.39 is 0 Å². The first-order valence-corrected chi connectivity index (χ1v) is 7.54. The number of urea groups is 1. The molecule has 1 aromatic rings. The fraction of sp³-hybridized carbons (Fsp3) is 0.600. The van der Waals surface area contributed by atoms with E-state index in [-0.39, 0.29) is 6.03 Å². The Morgan fingerprint density at radius 1 is 0.900 bits per heavy atom. The number of rotatable bonds is 1. The lowest BCUT2D eigenvalue weighted by Gasteiger charge is -2.39. The van der Waals surface area contributed by atoms with Gasteiger partial charge in [0.1, 0.15) is 5.82 Å². The molecule has 1 aromatic heterocycles. The van der Waals surface area contributed by atoms with E-state index in [9.17, 15) is 4.79 Å². The molecule has 2 fully saturated rings. The van der Waals surface area contributed by atoms with Gasteiger partial charge in [-0.3, -0.25) is 0 Å². The van der Waals surface area contributed by atoms with E-state index in [1.165, 1.54) is 6.42 Å². The van der Waals surface area contributed by atoms with Crippen LogP contribution in [0.1, 0.15) is 19.3 Å². The summed E-state index contributed by atoms with van der Waals surface area (Å²) < 4.78 is 0. The van der Waals surface area contributed by atoms with Crippen LogP contribution in [0.2, 0.25) is 0 Å². The summed E-state index contributed by atoms with van der Waals surface area (Å²) in [7, 11) is 0. The summed E-state index contributed by atoms with van der Waals surface area (Å²) in [5.74, 6) is 1.01. The van der Waals surface area contributed by atoms with Crippen LogP contribution in [0.3, 0.4) is 0 Å². The number of amides is 2. The Morgan fingerprint density at radius 3 is 2.25 bits per heavy atom. The van der Waals surface area contributed by atoms with Gasteiger partial charge in [0.15, 0.2) is 0 Å². The Morgan fingerprint density at radius 2 is 1.60 bits per heavy atom. The highest BCUT2D eigenvalue weighted by molar-refractivity contribution is 5.75. The molecule has 108 valence electrons. The van der Waals surface area contributed by atoms with E-state index in [2.05, 4.69) is 9.88 Å². The van der Waals surface area contributed by atoms with E-state index in [1.54, 1.807) is 0 Å². The molecule has 2 aliphatic heterocycles.